The minimum absolute atomic E-state index is 0. The first-order valence-electron chi connectivity index (χ1n) is 7.93. The number of hydrogen-bond acceptors (Lipinski definition) is 3. The van der Waals surface area contributed by atoms with Crippen LogP contribution in [0.25, 0.3) is 0 Å². The normalized spacial score (nSPS) is 11.3. The van der Waals surface area contributed by atoms with Crippen LogP contribution in [0.1, 0.15) is 25.0 Å². The number of carbonyl (C=O) groups is 1. The van der Waals surface area contributed by atoms with E-state index in [0.717, 1.165) is 29.9 Å². The molecule has 130 valence electrons. The smallest absolute Gasteiger partial charge is 0.265 e. The summed E-state index contributed by atoms with van der Waals surface area (Å²) in [5, 5.41) is 6.22. The highest BCUT2D eigenvalue weighted by molar-refractivity contribution is 5.94. The molecule has 2 N–H and O–H groups in total. The Morgan fingerprint density at radius 2 is 1.79 bits per heavy atom. The van der Waals surface area contributed by atoms with E-state index in [1.807, 2.05) is 55.5 Å². The molecule has 0 aliphatic carbocycles. The summed E-state index contributed by atoms with van der Waals surface area (Å²) in [5.74, 6) is 0.536. The van der Waals surface area contributed by atoms with Gasteiger partial charge in [-0.15, -0.1) is 12.4 Å². The summed E-state index contributed by atoms with van der Waals surface area (Å²) in [5.41, 5.74) is 3.04. The lowest BCUT2D eigenvalue weighted by Crippen LogP contribution is -2.30. The molecule has 0 saturated carbocycles. The lowest BCUT2D eigenvalue weighted by atomic mass is 10.1. The second-order valence-electron chi connectivity index (χ2n) is 5.50. The van der Waals surface area contributed by atoms with Crippen molar-refractivity contribution in [3.63, 3.8) is 0 Å². The van der Waals surface area contributed by atoms with Crippen LogP contribution in [-0.4, -0.2) is 18.6 Å². The van der Waals surface area contributed by atoms with Crippen LogP contribution in [-0.2, 0) is 11.3 Å². The molecule has 0 spiro atoms. The molecule has 0 aromatic heterocycles. The Morgan fingerprint density at radius 3 is 2.46 bits per heavy atom. The van der Waals surface area contributed by atoms with E-state index in [0.29, 0.717) is 5.75 Å². The van der Waals surface area contributed by atoms with Crippen LogP contribution >= 0.6 is 12.4 Å². The van der Waals surface area contributed by atoms with Crippen LogP contribution in [0.3, 0.4) is 0 Å². The van der Waals surface area contributed by atoms with Crippen LogP contribution in [0.15, 0.2) is 48.5 Å². The van der Waals surface area contributed by atoms with Gasteiger partial charge >= 0.3 is 0 Å². The predicted octanol–water partition coefficient (Wildman–Crippen LogP) is 3.93. The number of ether oxygens (including phenoxy) is 1. The Morgan fingerprint density at radius 1 is 1.12 bits per heavy atom. The third kappa shape index (κ3) is 5.87. The van der Waals surface area contributed by atoms with Gasteiger partial charge in [0.1, 0.15) is 5.75 Å². The molecule has 0 fully saturated rings. The van der Waals surface area contributed by atoms with Crippen molar-refractivity contribution < 1.29 is 9.53 Å². The Balaban J connectivity index is 0.00000288. The Hall–Kier alpha value is -2.04. The maximum atomic E-state index is 12.4. The number of aryl methyl sites for hydroxylation is 1. The zero-order chi connectivity index (χ0) is 16.7. The SMILES string of the molecule is CCNCc1ccccc1NC(=O)C(C)Oc1ccc(C)cc1.Cl. The molecule has 2 rings (SSSR count). The van der Waals surface area contributed by atoms with Crippen LogP contribution in [0.5, 0.6) is 5.75 Å². The zero-order valence-electron chi connectivity index (χ0n) is 14.3. The summed E-state index contributed by atoms with van der Waals surface area (Å²) < 4.78 is 5.70. The predicted molar refractivity (Wildman–Crippen MR) is 101 cm³/mol. The molecule has 1 amide bonds. The van der Waals surface area contributed by atoms with Crippen molar-refractivity contribution in [1.29, 1.82) is 0 Å². The van der Waals surface area contributed by atoms with Gasteiger partial charge in [-0.3, -0.25) is 4.79 Å². The fourth-order valence-electron chi connectivity index (χ4n) is 2.16. The van der Waals surface area contributed by atoms with Gasteiger partial charge in [-0.1, -0.05) is 42.8 Å². The quantitative estimate of drug-likeness (QED) is 0.797. The standard InChI is InChI=1S/C19H24N2O2.ClH/c1-4-20-13-16-7-5-6-8-18(16)21-19(22)15(3)23-17-11-9-14(2)10-12-17;/h5-12,15,20H,4,13H2,1-3H3,(H,21,22);1H. The second kappa shape index (κ2) is 9.96. The largest absolute Gasteiger partial charge is 0.481 e. The van der Waals surface area contributed by atoms with Crippen LogP contribution in [0, 0.1) is 6.92 Å². The third-order valence-corrected chi connectivity index (χ3v) is 3.54. The zero-order valence-corrected chi connectivity index (χ0v) is 15.2. The molecule has 24 heavy (non-hydrogen) atoms. The van der Waals surface area contributed by atoms with Crippen molar-refractivity contribution in [1.82, 2.24) is 5.32 Å². The lowest BCUT2D eigenvalue weighted by molar-refractivity contribution is -0.122. The maximum absolute atomic E-state index is 12.4. The van der Waals surface area contributed by atoms with E-state index < -0.39 is 6.10 Å². The monoisotopic (exact) mass is 348 g/mol. The molecule has 1 unspecified atom stereocenters. The summed E-state index contributed by atoms with van der Waals surface area (Å²) >= 11 is 0. The average molecular weight is 349 g/mol. The molecule has 2 aromatic rings. The van der Waals surface area contributed by atoms with E-state index in [-0.39, 0.29) is 18.3 Å². The molecule has 0 saturated heterocycles. The number of halogens is 1. The fraction of sp³-hybridized carbons (Fsp3) is 0.316. The number of amides is 1. The number of benzene rings is 2. The molecule has 5 heteroatoms. The van der Waals surface area contributed by atoms with Crippen molar-refractivity contribution in [2.24, 2.45) is 0 Å². The van der Waals surface area contributed by atoms with Crippen LogP contribution < -0.4 is 15.4 Å². The molecule has 0 bridgehead atoms. The topological polar surface area (TPSA) is 50.4 Å². The number of para-hydroxylation sites is 1. The van der Waals surface area contributed by atoms with Gasteiger partial charge in [0.15, 0.2) is 6.10 Å². The van der Waals surface area contributed by atoms with Crippen molar-refractivity contribution >= 4 is 24.0 Å². The third-order valence-electron chi connectivity index (χ3n) is 3.54. The summed E-state index contributed by atoms with van der Waals surface area (Å²) in [6.45, 7) is 7.43. The van der Waals surface area contributed by atoms with Crippen LogP contribution in [0.4, 0.5) is 5.69 Å². The first-order chi connectivity index (χ1) is 11.1. The Kier molecular flexibility index (Phi) is 8.30. The Bertz CT molecular complexity index is 644. The number of nitrogens with one attached hydrogen (secondary N) is 2. The number of rotatable bonds is 7. The first-order valence-corrected chi connectivity index (χ1v) is 7.93. The minimum Gasteiger partial charge on any atom is -0.481 e. The van der Waals surface area contributed by atoms with Crippen molar-refractivity contribution in [2.75, 3.05) is 11.9 Å². The highest BCUT2D eigenvalue weighted by Crippen LogP contribution is 2.17. The van der Waals surface area contributed by atoms with E-state index in [2.05, 4.69) is 17.6 Å². The molecular weight excluding hydrogens is 324 g/mol. The van der Waals surface area contributed by atoms with Gasteiger partial charge < -0.3 is 15.4 Å². The van der Waals surface area contributed by atoms with E-state index >= 15 is 0 Å². The highest BCUT2D eigenvalue weighted by atomic mass is 35.5. The van der Waals surface area contributed by atoms with E-state index in [1.165, 1.54) is 0 Å². The van der Waals surface area contributed by atoms with E-state index in [9.17, 15) is 4.79 Å². The molecule has 0 aliphatic rings. The van der Waals surface area contributed by atoms with Gasteiger partial charge in [-0.2, -0.15) is 0 Å². The van der Waals surface area contributed by atoms with Crippen molar-refractivity contribution in [3.05, 3.63) is 59.7 Å². The van der Waals surface area contributed by atoms with E-state index in [4.69, 9.17) is 4.74 Å². The van der Waals surface area contributed by atoms with Crippen LogP contribution in [0.2, 0.25) is 0 Å². The fourth-order valence-corrected chi connectivity index (χ4v) is 2.16. The summed E-state index contributed by atoms with van der Waals surface area (Å²) in [7, 11) is 0. The lowest BCUT2D eigenvalue weighted by Gasteiger charge is -2.16. The summed E-state index contributed by atoms with van der Waals surface area (Å²) in [6, 6.07) is 15.5. The maximum Gasteiger partial charge on any atom is 0.265 e. The van der Waals surface area contributed by atoms with Crippen molar-refractivity contribution in [2.45, 2.75) is 33.4 Å². The van der Waals surface area contributed by atoms with Gasteiger partial charge in [0.05, 0.1) is 0 Å². The van der Waals surface area contributed by atoms with Crippen molar-refractivity contribution in [3.8, 4) is 5.75 Å². The van der Waals surface area contributed by atoms with Gasteiger partial charge in [0.2, 0.25) is 0 Å². The van der Waals surface area contributed by atoms with Gasteiger partial charge in [0, 0.05) is 12.2 Å². The van der Waals surface area contributed by atoms with E-state index in [1.54, 1.807) is 6.92 Å². The molecule has 4 nitrogen and oxygen atoms in total. The van der Waals surface area contributed by atoms with Gasteiger partial charge in [0.25, 0.3) is 5.91 Å². The first kappa shape index (κ1) is 20.0. The minimum atomic E-state index is -0.565. The molecule has 1 atom stereocenters. The molecule has 0 radical (unpaired) electrons. The molecule has 2 aromatic carbocycles. The summed E-state index contributed by atoms with van der Waals surface area (Å²) in [6.07, 6.45) is -0.565. The number of anilines is 1. The number of hydrogen-bond donors (Lipinski definition) is 2. The molecule has 0 aliphatic heterocycles. The van der Waals surface area contributed by atoms with Gasteiger partial charge in [-0.05, 0) is 44.2 Å². The molecular formula is C19H25ClN2O2. The number of carbonyl (C=O) groups excluding carboxylic acids is 1. The summed E-state index contributed by atoms with van der Waals surface area (Å²) in [4.78, 5) is 12.4. The Labute approximate surface area is 150 Å². The second-order valence-corrected chi connectivity index (χ2v) is 5.50. The average Bonchev–Trinajstić information content (AvgIpc) is 2.56. The highest BCUT2D eigenvalue weighted by Gasteiger charge is 2.16. The molecule has 0 heterocycles. The van der Waals surface area contributed by atoms with Gasteiger partial charge in [-0.25, -0.2) is 0 Å².